The van der Waals surface area contributed by atoms with Gasteiger partial charge in [0.05, 0.1) is 22.8 Å². The second-order valence-corrected chi connectivity index (χ2v) is 12.5. The van der Waals surface area contributed by atoms with Gasteiger partial charge in [0.2, 0.25) is 11.8 Å². The van der Waals surface area contributed by atoms with Crippen LogP contribution in [-0.4, -0.2) is 30.9 Å². The lowest BCUT2D eigenvalue weighted by Crippen LogP contribution is -2.54. The number of likely N-dealkylation sites (tertiary alicyclic amines) is 1. The van der Waals surface area contributed by atoms with E-state index < -0.39 is 0 Å². The zero-order valence-electron chi connectivity index (χ0n) is 21.3. The van der Waals surface area contributed by atoms with E-state index in [1.807, 2.05) is 11.9 Å². The van der Waals surface area contributed by atoms with Gasteiger partial charge in [-0.3, -0.25) is 9.59 Å². The average molecular weight is 520 g/mol. The standard InChI is InChI=1S/C28H36Cl2N2O3/c1-15-12-16-17-6-7-19(26(34)31-22-14-23(35-5)21(30)13-20(22)29)27(17,2)10-8-18(16)28(3)11-9-24(33)32(4)25(15)28/h13-14,16-19H,6-12H2,1-5H3,(H,31,34)/t16-,17-,18-,19+,27-,28+/m0/s1. The Hall–Kier alpha value is -1.72. The molecule has 1 aromatic rings. The molecular formula is C28H36Cl2N2O3. The number of fused-ring (bicyclic) bond motifs is 5. The quantitative estimate of drug-likeness (QED) is 0.471. The van der Waals surface area contributed by atoms with Gasteiger partial charge in [-0.25, -0.2) is 0 Å². The number of nitrogens with one attached hydrogen (secondary N) is 1. The van der Waals surface area contributed by atoms with Crippen molar-refractivity contribution in [3.63, 3.8) is 0 Å². The summed E-state index contributed by atoms with van der Waals surface area (Å²) in [7, 11) is 3.51. The Morgan fingerprint density at radius 1 is 1.11 bits per heavy atom. The van der Waals surface area contributed by atoms with Crippen LogP contribution in [-0.2, 0) is 9.59 Å². The number of carbonyl (C=O) groups excluding carboxylic acids is 2. The Labute approximate surface area is 218 Å². The Bertz CT molecular complexity index is 1120. The van der Waals surface area contributed by atoms with E-state index in [9.17, 15) is 9.59 Å². The van der Waals surface area contributed by atoms with Crippen molar-refractivity contribution in [1.29, 1.82) is 0 Å². The fraction of sp³-hybridized carbons (Fsp3) is 0.643. The van der Waals surface area contributed by atoms with E-state index in [1.165, 1.54) is 11.3 Å². The molecular weight excluding hydrogens is 483 g/mol. The zero-order valence-corrected chi connectivity index (χ0v) is 22.9. The first-order valence-corrected chi connectivity index (χ1v) is 13.6. The molecule has 0 bridgehead atoms. The maximum atomic E-state index is 13.6. The number of hydrogen-bond acceptors (Lipinski definition) is 3. The van der Waals surface area contributed by atoms with Crippen LogP contribution in [0.5, 0.6) is 5.75 Å². The Kier molecular flexibility index (Phi) is 6.20. The smallest absolute Gasteiger partial charge is 0.228 e. The third-order valence-corrected chi connectivity index (χ3v) is 10.7. The van der Waals surface area contributed by atoms with Gasteiger partial charge in [-0.1, -0.05) is 42.6 Å². The summed E-state index contributed by atoms with van der Waals surface area (Å²) in [5, 5.41) is 3.93. The van der Waals surface area contributed by atoms with Gasteiger partial charge in [0, 0.05) is 36.6 Å². The number of halogens is 2. The molecule has 1 saturated heterocycles. The van der Waals surface area contributed by atoms with Crippen LogP contribution in [0.25, 0.3) is 0 Å². The molecule has 2 amide bonds. The number of methoxy groups -OCH3 is 1. The maximum absolute atomic E-state index is 13.6. The van der Waals surface area contributed by atoms with Crippen molar-refractivity contribution < 1.29 is 14.3 Å². The number of nitrogens with zero attached hydrogens (tertiary/aromatic N) is 1. The van der Waals surface area contributed by atoms with Crippen molar-refractivity contribution in [3.8, 4) is 5.75 Å². The monoisotopic (exact) mass is 518 g/mol. The number of benzene rings is 1. The van der Waals surface area contributed by atoms with Crippen molar-refractivity contribution in [3.05, 3.63) is 33.4 Å². The first kappa shape index (κ1) is 25.0. The van der Waals surface area contributed by atoms with Crippen molar-refractivity contribution in [2.24, 2.45) is 34.5 Å². The molecule has 5 nitrogen and oxygen atoms in total. The number of rotatable bonds is 3. The molecule has 0 unspecified atom stereocenters. The van der Waals surface area contributed by atoms with E-state index in [0.717, 1.165) is 38.5 Å². The lowest BCUT2D eigenvalue weighted by atomic mass is 9.48. The first-order valence-electron chi connectivity index (χ1n) is 12.8. The second kappa shape index (κ2) is 8.69. The molecule has 0 aromatic heterocycles. The van der Waals surface area contributed by atoms with Crippen LogP contribution in [0.2, 0.25) is 10.0 Å². The highest BCUT2D eigenvalue weighted by molar-refractivity contribution is 6.37. The fourth-order valence-electron chi connectivity index (χ4n) is 8.54. The van der Waals surface area contributed by atoms with E-state index >= 15 is 0 Å². The number of allylic oxidation sites excluding steroid dienone is 2. The molecule has 6 atom stereocenters. The third-order valence-electron chi connectivity index (χ3n) is 10.1. The van der Waals surface area contributed by atoms with Gasteiger partial charge in [0.15, 0.2) is 0 Å². The van der Waals surface area contributed by atoms with Gasteiger partial charge in [-0.05, 0) is 74.7 Å². The lowest BCUT2D eigenvalue weighted by molar-refractivity contribution is -0.137. The number of piperidine rings is 1. The zero-order chi connectivity index (χ0) is 25.3. The lowest BCUT2D eigenvalue weighted by Gasteiger charge is -2.59. The summed E-state index contributed by atoms with van der Waals surface area (Å²) >= 11 is 12.6. The van der Waals surface area contributed by atoms with E-state index in [1.54, 1.807) is 19.2 Å². The van der Waals surface area contributed by atoms with Crippen molar-refractivity contribution >= 4 is 40.7 Å². The van der Waals surface area contributed by atoms with Crippen molar-refractivity contribution in [2.45, 2.75) is 65.7 Å². The summed E-state index contributed by atoms with van der Waals surface area (Å²) < 4.78 is 5.32. The van der Waals surface area contributed by atoms with Crippen LogP contribution in [0.4, 0.5) is 5.69 Å². The van der Waals surface area contributed by atoms with Gasteiger partial charge in [-0.2, -0.15) is 0 Å². The first-order chi connectivity index (χ1) is 16.5. The molecule has 1 aromatic carbocycles. The molecule has 1 aliphatic heterocycles. The van der Waals surface area contributed by atoms with E-state index in [4.69, 9.17) is 27.9 Å². The summed E-state index contributed by atoms with van der Waals surface area (Å²) in [6, 6.07) is 3.32. The van der Waals surface area contributed by atoms with E-state index in [0.29, 0.717) is 45.7 Å². The number of hydrogen-bond donors (Lipinski definition) is 1. The molecule has 1 N–H and O–H groups in total. The van der Waals surface area contributed by atoms with Gasteiger partial charge in [0.1, 0.15) is 5.75 Å². The molecule has 3 fully saturated rings. The number of amides is 2. The second-order valence-electron chi connectivity index (χ2n) is 11.7. The predicted octanol–water partition coefficient (Wildman–Crippen LogP) is 6.94. The largest absolute Gasteiger partial charge is 0.495 e. The molecule has 0 radical (unpaired) electrons. The Morgan fingerprint density at radius 2 is 1.86 bits per heavy atom. The minimum Gasteiger partial charge on any atom is -0.495 e. The molecule has 4 aliphatic rings. The molecule has 190 valence electrons. The normalized spacial score (nSPS) is 36.4. The molecule has 0 spiro atoms. The van der Waals surface area contributed by atoms with Crippen molar-refractivity contribution in [1.82, 2.24) is 4.90 Å². The topological polar surface area (TPSA) is 58.6 Å². The van der Waals surface area contributed by atoms with Crippen LogP contribution in [0.3, 0.4) is 0 Å². The molecule has 3 aliphatic carbocycles. The minimum atomic E-state index is -0.0553. The third kappa shape index (κ3) is 3.71. The predicted molar refractivity (Wildman–Crippen MR) is 140 cm³/mol. The van der Waals surface area contributed by atoms with Gasteiger partial charge >= 0.3 is 0 Å². The molecule has 7 heteroatoms. The Balaban J connectivity index is 1.41. The van der Waals surface area contributed by atoms with Gasteiger partial charge in [0.25, 0.3) is 0 Å². The summed E-state index contributed by atoms with van der Waals surface area (Å²) in [5.74, 6) is 2.34. The summed E-state index contributed by atoms with van der Waals surface area (Å²) in [5.41, 5.74) is 3.18. The average Bonchev–Trinajstić information content (AvgIpc) is 3.16. The van der Waals surface area contributed by atoms with E-state index in [-0.39, 0.29) is 28.6 Å². The molecule has 5 rings (SSSR count). The van der Waals surface area contributed by atoms with Crippen LogP contribution in [0.15, 0.2) is 23.4 Å². The highest BCUT2D eigenvalue weighted by Gasteiger charge is 2.61. The molecule has 35 heavy (non-hydrogen) atoms. The highest BCUT2D eigenvalue weighted by atomic mass is 35.5. The number of ether oxygens (including phenoxy) is 1. The van der Waals surface area contributed by atoms with Crippen LogP contribution >= 0.6 is 23.2 Å². The molecule has 1 heterocycles. The van der Waals surface area contributed by atoms with Gasteiger partial charge < -0.3 is 15.0 Å². The summed E-state index contributed by atoms with van der Waals surface area (Å²) in [6.07, 6.45) is 6.70. The Morgan fingerprint density at radius 3 is 2.57 bits per heavy atom. The summed E-state index contributed by atoms with van der Waals surface area (Å²) in [4.78, 5) is 28.1. The highest BCUT2D eigenvalue weighted by Crippen LogP contribution is 2.67. The van der Waals surface area contributed by atoms with Crippen LogP contribution in [0, 0.1) is 34.5 Å². The van der Waals surface area contributed by atoms with E-state index in [2.05, 4.69) is 26.1 Å². The van der Waals surface area contributed by atoms with Gasteiger partial charge in [-0.15, -0.1) is 0 Å². The number of anilines is 1. The van der Waals surface area contributed by atoms with Crippen LogP contribution in [0.1, 0.15) is 65.7 Å². The van der Waals surface area contributed by atoms with Crippen molar-refractivity contribution in [2.75, 3.05) is 19.5 Å². The SMILES string of the molecule is COc1cc(NC(=O)[C@H]2CC[C@H]3[C@@H]4CC(C)=C5N(C)C(=O)CC[C@]5(C)[C@H]4CC[C@]23C)c(Cl)cc1Cl. The molecule has 2 saturated carbocycles. The van der Waals surface area contributed by atoms with Crippen LogP contribution < -0.4 is 10.1 Å². The summed E-state index contributed by atoms with van der Waals surface area (Å²) in [6.45, 7) is 6.95. The fourth-order valence-corrected chi connectivity index (χ4v) is 9.05. The maximum Gasteiger partial charge on any atom is 0.228 e. The minimum absolute atomic E-state index is 0.0395. The number of carbonyl (C=O) groups is 2.